The summed E-state index contributed by atoms with van der Waals surface area (Å²) in [5.41, 5.74) is 0.176. The summed E-state index contributed by atoms with van der Waals surface area (Å²) in [6.45, 7) is 0.333. The normalized spacial score (nSPS) is 10.1. The predicted molar refractivity (Wildman–Crippen MR) is 69.4 cm³/mol. The van der Waals surface area contributed by atoms with Crippen LogP contribution in [-0.4, -0.2) is 25.5 Å². The molecule has 0 saturated heterocycles. The Hall–Kier alpha value is -1.62. The summed E-state index contributed by atoms with van der Waals surface area (Å²) in [6, 6.07) is 4.27. The van der Waals surface area contributed by atoms with Gasteiger partial charge in [-0.3, -0.25) is 9.59 Å². The molecule has 0 heterocycles. The number of nitrogens with one attached hydrogen (secondary N) is 1. The van der Waals surface area contributed by atoms with Crippen LogP contribution in [0.3, 0.4) is 0 Å². The van der Waals surface area contributed by atoms with Crippen molar-refractivity contribution in [3.8, 4) is 0 Å². The van der Waals surface area contributed by atoms with E-state index in [2.05, 4.69) is 10.1 Å². The number of benzene rings is 1. The third-order valence-corrected chi connectivity index (χ3v) is 2.86. The van der Waals surface area contributed by atoms with E-state index in [0.717, 1.165) is 0 Å². The van der Waals surface area contributed by atoms with Crippen LogP contribution in [-0.2, 0) is 20.7 Å². The molecular weight excluding hydrogens is 273 g/mol. The van der Waals surface area contributed by atoms with E-state index in [1.807, 2.05) is 0 Å². The molecule has 0 radical (unpaired) electrons. The maximum atomic E-state index is 13.4. The highest BCUT2D eigenvalue weighted by molar-refractivity contribution is 6.31. The van der Waals surface area contributed by atoms with Gasteiger partial charge in [0, 0.05) is 23.6 Å². The van der Waals surface area contributed by atoms with E-state index in [4.69, 9.17) is 11.6 Å². The van der Waals surface area contributed by atoms with Crippen LogP contribution in [0.4, 0.5) is 4.39 Å². The molecule has 1 aromatic carbocycles. The molecule has 1 N–H and O–H groups in total. The molecule has 104 valence electrons. The van der Waals surface area contributed by atoms with Gasteiger partial charge in [0.05, 0.1) is 13.5 Å². The second kappa shape index (κ2) is 7.74. The lowest BCUT2D eigenvalue weighted by Gasteiger charge is -2.07. The van der Waals surface area contributed by atoms with Gasteiger partial charge in [0.25, 0.3) is 0 Å². The molecular formula is C13H15ClFNO3. The van der Waals surface area contributed by atoms with E-state index >= 15 is 0 Å². The average molecular weight is 288 g/mol. The fourth-order valence-electron chi connectivity index (χ4n) is 1.49. The Morgan fingerprint density at radius 3 is 2.79 bits per heavy atom. The summed E-state index contributed by atoms with van der Waals surface area (Å²) in [5, 5.41) is 2.82. The molecule has 4 nitrogen and oxygen atoms in total. The van der Waals surface area contributed by atoms with Crippen molar-refractivity contribution in [1.29, 1.82) is 0 Å². The Labute approximate surface area is 115 Å². The lowest BCUT2D eigenvalue weighted by atomic mass is 10.1. The third-order valence-electron chi connectivity index (χ3n) is 2.51. The van der Waals surface area contributed by atoms with E-state index in [1.165, 1.54) is 25.3 Å². The lowest BCUT2D eigenvalue weighted by Crippen LogP contribution is -2.27. The van der Waals surface area contributed by atoms with Gasteiger partial charge in [-0.1, -0.05) is 17.7 Å². The number of methoxy groups -OCH3 is 1. The molecule has 0 unspecified atom stereocenters. The molecule has 0 fully saturated rings. The Balaban J connectivity index is 2.37. The number of halogens is 2. The summed E-state index contributed by atoms with van der Waals surface area (Å²) in [7, 11) is 1.31. The Bertz CT molecular complexity index is 445. The minimum absolute atomic E-state index is 0.121. The standard InChI is InChI=1S/C13H15ClFNO3/c1-19-13(18)6-3-7-16-12(17)8-9-10(14)4-2-5-11(9)15/h2,4-5H,3,6-8H2,1H3,(H,16,17). The molecule has 0 aliphatic heterocycles. The van der Waals surface area contributed by atoms with Crippen molar-refractivity contribution in [2.45, 2.75) is 19.3 Å². The van der Waals surface area contributed by atoms with Gasteiger partial charge in [-0.2, -0.15) is 0 Å². The van der Waals surface area contributed by atoms with Gasteiger partial charge in [-0.15, -0.1) is 0 Å². The summed E-state index contributed by atoms with van der Waals surface area (Å²) >= 11 is 5.81. The van der Waals surface area contributed by atoms with Crippen LogP contribution in [0.2, 0.25) is 5.02 Å². The Morgan fingerprint density at radius 2 is 2.16 bits per heavy atom. The number of hydrogen-bond acceptors (Lipinski definition) is 3. The SMILES string of the molecule is COC(=O)CCCNC(=O)Cc1c(F)cccc1Cl. The van der Waals surface area contributed by atoms with Gasteiger partial charge >= 0.3 is 5.97 Å². The van der Waals surface area contributed by atoms with E-state index in [9.17, 15) is 14.0 Å². The molecule has 0 aliphatic rings. The fraction of sp³-hybridized carbons (Fsp3) is 0.385. The van der Waals surface area contributed by atoms with Crippen LogP contribution >= 0.6 is 11.6 Å². The largest absolute Gasteiger partial charge is 0.469 e. The summed E-state index contributed by atoms with van der Waals surface area (Å²) < 4.78 is 17.9. The zero-order chi connectivity index (χ0) is 14.3. The minimum atomic E-state index is -0.503. The number of ether oxygens (including phenoxy) is 1. The van der Waals surface area contributed by atoms with E-state index in [1.54, 1.807) is 0 Å². The van der Waals surface area contributed by atoms with E-state index in [-0.39, 0.29) is 35.3 Å². The van der Waals surface area contributed by atoms with Gasteiger partial charge in [0.2, 0.25) is 5.91 Å². The number of rotatable bonds is 6. The Kier molecular flexibility index (Phi) is 6.29. The second-order valence-corrected chi connectivity index (χ2v) is 4.31. The van der Waals surface area contributed by atoms with Crippen LogP contribution in [0, 0.1) is 5.82 Å². The van der Waals surface area contributed by atoms with Gasteiger partial charge in [0.1, 0.15) is 5.82 Å². The molecule has 1 rings (SSSR count). The number of esters is 1. The van der Waals surface area contributed by atoms with Crippen molar-refractivity contribution >= 4 is 23.5 Å². The number of carbonyl (C=O) groups excluding carboxylic acids is 2. The van der Waals surface area contributed by atoms with E-state index in [0.29, 0.717) is 13.0 Å². The quantitative estimate of drug-likeness (QED) is 0.644. The topological polar surface area (TPSA) is 55.4 Å². The zero-order valence-corrected chi connectivity index (χ0v) is 11.3. The summed E-state index contributed by atoms with van der Waals surface area (Å²) in [6.07, 6.45) is 0.588. The molecule has 0 aromatic heterocycles. The highest BCUT2D eigenvalue weighted by Crippen LogP contribution is 2.19. The van der Waals surface area contributed by atoms with Crippen molar-refractivity contribution in [2.75, 3.05) is 13.7 Å². The van der Waals surface area contributed by atoms with Crippen molar-refractivity contribution in [1.82, 2.24) is 5.32 Å². The molecule has 6 heteroatoms. The molecule has 1 amide bonds. The summed E-state index contributed by atoms with van der Waals surface area (Å²) in [4.78, 5) is 22.4. The monoisotopic (exact) mass is 287 g/mol. The van der Waals surface area contributed by atoms with Gasteiger partial charge < -0.3 is 10.1 Å². The van der Waals surface area contributed by atoms with Crippen molar-refractivity contribution in [3.63, 3.8) is 0 Å². The van der Waals surface area contributed by atoms with Crippen LogP contribution < -0.4 is 5.32 Å². The Morgan fingerprint density at radius 1 is 1.42 bits per heavy atom. The number of carbonyl (C=O) groups is 2. The fourth-order valence-corrected chi connectivity index (χ4v) is 1.72. The van der Waals surface area contributed by atoms with Crippen molar-refractivity contribution < 1.29 is 18.7 Å². The maximum absolute atomic E-state index is 13.4. The van der Waals surface area contributed by atoms with Crippen LogP contribution in [0.5, 0.6) is 0 Å². The maximum Gasteiger partial charge on any atom is 0.305 e. The van der Waals surface area contributed by atoms with Gasteiger partial charge in [-0.25, -0.2) is 4.39 Å². The average Bonchev–Trinajstić information content (AvgIpc) is 2.39. The lowest BCUT2D eigenvalue weighted by molar-refractivity contribution is -0.140. The minimum Gasteiger partial charge on any atom is -0.469 e. The molecule has 0 aliphatic carbocycles. The first kappa shape index (κ1) is 15.4. The second-order valence-electron chi connectivity index (χ2n) is 3.91. The molecule has 0 spiro atoms. The van der Waals surface area contributed by atoms with Crippen LogP contribution in [0.15, 0.2) is 18.2 Å². The van der Waals surface area contributed by atoms with Crippen molar-refractivity contribution in [3.05, 3.63) is 34.6 Å². The third kappa shape index (κ3) is 5.26. The molecule has 0 atom stereocenters. The summed E-state index contributed by atoms with van der Waals surface area (Å²) in [5.74, 6) is -1.17. The van der Waals surface area contributed by atoms with Crippen LogP contribution in [0.25, 0.3) is 0 Å². The van der Waals surface area contributed by atoms with E-state index < -0.39 is 5.82 Å². The van der Waals surface area contributed by atoms with Gasteiger partial charge in [0.15, 0.2) is 0 Å². The highest BCUT2D eigenvalue weighted by atomic mass is 35.5. The van der Waals surface area contributed by atoms with Crippen molar-refractivity contribution in [2.24, 2.45) is 0 Å². The first-order valence-electron chi connectivity index (χ1n) is 5.81. The number of hydrogen-bond donors (Lipinski definition) is 1. The highest BCUT2D eigenvalue weighted by Gasteiger charge is 2.11. The first-order chi connectivity index (χ1) is 9.04. The molecule has 0 bridgehead atoms. The first-order valence-corrected chi connectivity index (χ1v) is 6.18. The van der Waals surface area contributed by atoms with Gasteiger partial charge in [-0.05, 0) is 18.6 Å². The zero-order valence-electron chi connectivity index (χ0n) is 10.5. The smallest absolute Gasteiger partial charge is 0.305 e. The number of amides is 1. The molecule has 0 saturated carbocycles. The van der Waals surface area contributed by atoms with Crippen LogP contribution in [0.1, 0.15) is 18.4 Å². The predicted octanol–water partition coefficient (Wildman–Crippen LogP) is 2.09. The molecule has 1 aromatic rings. The molecule has 19 heavy (non-hydrogen) atoms.